The molecular weight excluding hydrogens is 392 g/mol. The molecule has 3 aromatic rings. The van der Waals surface area contributed by atoms with Gasteiger partial charge in [-0.2, -0.15) is 4.99 Å². The molecular formula is C23H15F2NS2. The van der Waals surface area contributed by atoms with Crippen molar-refractivity contribution in [2.75, 3.05) is 5.75 Å². The molecule has 0 atom stereocenters. The third kappa shape index (κ3) is 4.94. The number of rotatable bonds is 4. The van der Waals surface area contributed by atoms with Crippen molar-refractivity contribution in [2.45, 2.75) is 11.8 Å². The summed E-state index contributed by atoms with van der Waals surface area (Å²) in [7, 11) is 0. The van der Waals surface area contributed by atoms with Crippen molar-refractivity contribution in [3.63, 3.8) is 0 Å². The smallest absolute Gasteiger partial charge is 0.153 e. The van der Waals surface area contributed by atoms with Crippen LogP contribution in [-0.4, -0.2) is 10.9 Å². The fourth-order valence-corrected chi connectivity index (χ4v) is 3.33. The summed E-state index contributed by atoms with van der Waals surface area (Å²) < 4.78 is 28.0. The van der Waals surface area contributed by atoms with E-state index in [9.17, 15) is 8.78 Å². The van der Waals surface area contributed by atoms with Crippen LogP contribution in [0.15, 0.2) is 70.6 Å². The summed E-state index contributed by atoms with van der Waals surface area (Å²) >= 11 is 6.20. The van der Waals surface area contributed by atoms with Gasteiger partial charge in [-0.05, 0) is 77.6 Å². The van der Waals surface area contributed by atoms with E-state index in [-0.39, 0.29) is 0 Å². The minimum atomic E-state index is -0.777. The normalized spacial score (nSPS) is 9.96. The first-order valence-corrected chi connectivity index (χ1v) is 9.92. The molecule has 0 spiro atoms. The van der Waals surface area contributed by atoms with Crippen LogP contribution in [0.3, 0.4) is 0 Å². The van der Waals surface area contributed by atoms with Gasteiger partial charge in [-0.15, -0.1) is 11.8 Å². The van der Waals surface area contributed by atoms with Gasteiger partial charge in [-0.3, -0.25) is 0 Å². The summed E-state index contributed by atoms with van der Waals surface area (Å²) in [5.74, 6) is 5.70. The lowest BCUT2D eigenvalue weighted by Crippen LogP contribution is -1.87. The van der Waals surface area contributed by atoms with E-state index in [0.29, 0.717) is 11.1 Å². The zero-order chi connectivity index (χ0) is 19.9. The fraction of sp³-hybridized carbons (Fsp3) is 0.0870. The van der Waals surface area contributed by atoms with Crippen molar-refractivity contribution in [1.29, 1.82) is 0 Å². The second-order valence-corrected chi connectivity index (χ2v) is 7.30. The Hall–Kier alpha value is -2.77. The molecule has 0 radical (unpaired) electrons. The summed E-state index contributed by atoms with van der Waals surface area (Å²) in [6, 6.07) is 17.8. The zero-order valence-corrected chi connectivity index (χ0v) is 16.6. The SMILES string of the molecule is CCSc1ccc(C#Cc2ccc(-c3cc(F)c(N=C=S)c(F)c3)cc2)cc1. The maximum Gasteiger partial charge on any atom is 0.153 e. The van der Waals surface area contributed by atoms with Gasteiger partial charge in [0.1, 0.15) is 5.69 Å². The van der Waals surface area contributed by atoms with Crippen LogP contribution < -0.4 is 0 Å². The fourth-order valence-electron chi connectivity index (χ4n) is 2.58. The molecule has 28 heavy (non-hydrogen) atoms. The first-order chi connectivity index (χ1) is 13.6. The average Bonchev–Trinajstić information content (AvgIpc) is 2.71. The van der Waals surface area contributed by atoms with Crippen LogP contribution in [-0.2, 0) is 0 Å². The van der Waals surface area contributed by atoms with E-state index in [1.54, 1.807) is 23.9 Å². The van der Waals surface area contributed by atoms with Crippen LogP contribution >= 0.6 is 24.0 Å². The molecule has 138 valence electrons. The molecule has 3 aromatic carbocycles. The highest BCUT2D eigenvalue weighted by molar-refractivity contribution is 7.99. The highest BCUT2D eigenvalue weighted by atomic mass is 32.2. The summed E-state index contributed by atoms with van der Waals surface area (Å²) in [4.78, 5) is 4.64. The molecule has 0 fully saturated rings. The van der Waals surface area contributed by atoms with Gasteiger partial charge in [0.15, 0.2) is 11.6 Å². The number of benzene rings is 3. The number of isothiocyanates is 1. The van der Waals surface area contributed by atoms with E-state index in [4.69, 9.17) is 0 Å². The quantitative estimate of drug-likeness (QED) is 0.202. The number of aliphatic imine (C=N–C) groups is 1. The first kappa shape index (κ1) is 20.0. The van der Waals surface area contributed by atoms with Gasteiger partial charge in [0.25, 0.3) is 0 Å². The predicted octanol–water partition coefficient (Wildman–Crippen LogP) is 6.88. The van der Waals surface area contributed by atoms with Gasteiger partial charge >= 0.3 is 0 Å². The summed E-state index contributed by atoms with van der Waals surface area (Å²) in [5, 5.41) is 1.98. The Morgan fingerprint density at radius 1 is 0.857 bits per heavy atom. The van der Waals surface area contributed by atoms with E-state index in [1.807, 2.05) is 29.4 Å². The second kappa shape index (κ2) is 9.43. The molecule has 1 nitrogen and oxygen atoms in total. The van der Waals surface area contributed by atoms with Crippen LogP contribution in [0.25, 0.3) is 11.1 Å². The summed E-state index contributed by atoms with van der Waals surface area (Å²) in [6.45, 7) is 2.12. The standard InChI is InChI=1S/C23H15F2NS2/c1-2-28-20-11-7-17(8-12-20)4-3-16-5-9-18(10-6-16)19-13-21(24)23(26-15-27)22(25)14-19/h5-14H,2H2,1H3. The lowest BCUT2D eigenvalue weighted by Gasteiger charge is -2.05. The highest BCUT2D eigenvalue weighted by Crippen LogP contribution is 2.29. The lowest BCUT2D eigenvalue weighted by atomic mass is 10.0. The van der Waals surface area contributed by atoms with E-state index < -0.39 is 17.3 Å². The van der Waals surface area contributed by atoms with Crippen molar-refractivity contribution in [3.8, 4) is 23.0 Å². The largest absolute Gasteiger partial charge is 0.204 e. The van der Waals surface area contributed by atoms with Gasteiger partial charge in [0.2, 0.25) is 0 Å². The third-order valence-electron chi connectivity index (χ3n) is 3.91. The monoisotopic (exact) mass is 407 g/mol. The number of hydrogen-bond acceptors (Lipinski definition) is 3. The van der Waals surface area contributed by atoms with Crippen LogP contribution in [0.5, 0.6) is 0 Å². The van der Waals surface area contributed by atoms with E-state index in [2.05, 4.69) is 48.1 Å². The third-order valence-corrected chi connectivity index (χ3v) is 4.89. The Bertz CT molecular complexity index is 1070. The Kier molecular flexibility index (Phi) is 6.73. The molecule has 0 N–H and O–H groups in total. The van der Waals surface area contributed by atoms with Gasteiger partial charge < -0.3 is 0 Å². The van der Waals surface area contributed by atoms with Gasteiger partial charge in [-0.1, -0.05) is 30.9 Å². The molecule has 0 aromatic heterocycles. The predicted molar refractivity (Wildman–Crippen MR) is 115 cm³/mol. The maximum absolute atomic E-state index is 14.0. The minimum absolute atomic E-state index is 0.418. The van der Waals surface area contributed by atoms with Crippen molar-refractivity contribution >= 4 is 34.8 Å². The number of thioether (sulfide) groups is 1. The topological polar surface area (TPSA) is 12.4 Å². The molecule has 0 aliphatic carbocycles. The van der Waals surface area contributed by atoms with E-state index in [0.717, 1.165) is 16.9 Å². The Balaban J connectivity index is 1.80. The Labute approximate surface area is 172 Å². The summed E-state index contributed by atoms with van der Waals surface area (Å²) in [5.41, 5.74) is 2.43. The zero-order valence-electron chi connectivity index (χ0n) is 15.0. The highest BCUT2D eigenvalue weighted by Gasteiger charge is 2.11. The minimum Gasteiger partial charge on any atom is -0.204 e. The second-order valence-electron chi connectivity index (χ2n) is 5.78. The van der Waals surface area contributed by atoms with Crippen LogP contribution in [0.2, 0.25) is 0 Å². The van der Waals surface area contributed by atoms with Crippen LogP contribution in [0.1, 0.15) is 18.1 Å². The van der Waals surface area contributed by atoms with Gasteiger partial charge in [0.05, 0.1) is 5.16 Å². The van der Waals surface area contributed by atoms with E-state index in [1.165, 1.54) is 17.0 Å². The number of nitrogens with zero attached hydrogens (tertiary/aromatic N) is 1. The molecule has 0 aliphatic rings. The lowest BCUT2D eigenvalue weighted by molar-refractivity contribution is 0.588. The Morgan fingerprint density at radius 2 is 1.39 bits per heavy atom. The molecule has 3 rings (SSSR count). The molecule has 0 amide bonds. The van der Waals surface area contributed by atoms with Crippen LogP contribution in [0.4, 0.5) is 14.5 Å². The molecule has 0 bridgehead atoms. The van der Waals surface area contributed by atoms with Crippen molar-refractivity contribution in [2.24, 2.45) is 4.99 Å². The molecule has 0 unspecified atom stereocenters. The molecule has 5 heteroatoms. The molecule has 0 aliphatic heterocycles. The number of thiocarbonyl (C=S) groups is 1. The number of hydrogen-bond donors (Lipinski definition) is 0. The molecule has 0 saturated heterocycles. The Morgan fingerprint density at radius 3 is 1.89 bits per heavy atom. The van der Waals surface area contributed by atoms with E-state index >= 15 is 0 Å². The van der Waals surface area contributed by atoms with Crippen molar-refractivity contribution in [1.82, 2.24) is 0 Å². The van der Waals surface area contributed by atoms with Crippen molar-refractivity contribution < 1.29 is 8.78 Å². The van der Waals surface area contributed by atoms with Crippen LogP contribution in [0, 0.1) is 23.5 Å². The van der Waals surface area contributed by atoms with Crippen molar-refractivity contribution in [3.05, 3.63) is 83.4 Å². The molecule has 0 saturated carbocycles. The average molecular weight is 408 g/mol. The summed E-state index contributed by atoms with van der Waals surface area (Å²) in [6.07, 6.45) is 0. The molecule has 0 heterocycles. The van der Waals surface area contributed by atoms with Gasteiger partial charge in [-0.25, -0.2) is 8.78 Å². The first-order valence-electron chi connectivity index (χ1n) is 8.53. The van der Waals surface area contributed by atoms with Gasteiger partial charge in [0, 0.05) is 16.0 Å². The maximum atomic E-state index is 14.0. The number of halogens is 2.